The molecule has 0 aliphatic carbocycles. The zero-order chi connectivity index (χ0) is 16.2. The Kier molecular flexibility index (Phi) is 4.57. The van der Waals surface area contributed by atoms with Crippen LogP contribution in [0.3, 0.4) is 0 Å². The van der Waals surface area contributed by atoms with Crippen LogP contribution in [0.5, 0.6) is 5.75 Å². The van der Waals surface area contributed by atoms with Crippen LogP contribution in [0.4, 0.5) is 5.82 Å². The summed E-state index contributed by atoms with van der Waals surface area (Å²) in [6, 6.07) is 5.55. The molecule has 122 valence electrons. The van der Waals surface area contributed by atoms with E-state index in [0.717, 1.165) is 36.8 Å². The number of pyridine rings is 1. The van der Waals surface area contributed by atoms with Gasteiger partial charge in [-0.1, -0.05) is 0 Å². The summed E-state index contributed by atoms with van der Waals surface area (Å²) in [4.78, 5) is 18.2. The SMILES string of the molecule is Cc1cc(NC(=O)CN2CC[C@@H](Oc3ccncc3)C2)n(C)n1. The molecule has 3 heterocycles. The highest BCUT2D eigenvalue weighted by Crippen LogP contribution is 2.17. The summed E-state index contributed by atoms with van der Waals surface area (Å²) in [5, 5.41) is 7.11. The van der Waals surface area contributed by atoms with Crippen molar-refractivity contribution in [3.63, 3.8) is 0 Å². The van der Waals surface area contributed by atoms with E-state index < -0.39 is 0 Å². The number of nitrogens with zero attached hydrogens (tertiary/aromatic N) is 4. The lowest BCUT2D eigenvalue weighted by Crippen LogP contribution is -2.33. The molecule has 2 aromatic heterocycles. The molecular formula is C16H21N5O2. The van der Waals surface area contributed by atoms with E-state index in [0.29, 0.717) is 6.54 Å². The van der Waals surface area contributed by atoms with Gasteiger partial charge in [-0.3, -0.25) is 19.4 Å². The second-order valence-electron chi connectivity index (χ2n) is 5.79. The zero-order valence-corrected chi connectivity index (χ0v) is 13.4. The summed E-state index contributed by atoms with van der Waals surface area (Å²) < 4.78 is 7.57. The van der Waals surface area contributed by atoms with Crippen LogP contribution in [0.1, 0.15) is 12.1 Å². The first-order chi connectivity index (χ1) is 11.1. The number of anilines is 1. The largest absolute Gasteiger partial charge is 0.489 e. The molecule has 23 heavy (non-hydrogen) atoms. The smallest absolute Gasteiger partial charge is 0.239 e. The fourth-order valence-electron chi connectivity index (χ4n) is 2.76. The second kappa shape index (κ2) is 6.78. The first kappa shape index (κ1) is 15.5. The molecule has 0 spiro atoms. The number of aromatic nitrogens is 3. The molecule has 1 N–H and O–H groups in total. The van der Waals surface area contributed by atoms with Crippen molar-refractivity contribution in [2.45, 2.75) is 19.4 Å². The predicted molar refractivity (Wildman–Crippen MR) is 86.3 cm³/mol. The van der Waals surface area contributed by atoms with Crippen molar-refractivity contribution < 1.29 is 9.53 Å². The Balaban J connectivity index is 1.48. The third kappa shape index (κ3) is 4.07. The molecule has 1 atom stereocenters. The number of hydrogen-bond donors (Lipinski definition) is 1. The molecule has 2 aromatic rings. The van der Waals surface area contributed by atoms with Gasteiger partial charge in [-0.15, -0.1) is 0 Å². The molecule has 0 aromatic carbocycles. The van der Waals surface area contributed by atoms with Gasteiger partial charge in [0.1, 0.15) is 17.7 Å². The Labute approximate surface area is 135 Å². The fraction of sp³-hybridized carbons (Fsp3) is 0.438. The number of amides is 1. The van der Waals surface area contributed by atoms with Crippen molar-refractivity contribution in [1.82, 2.24) is 19.7 Å². The Hall–Kier alpha value is -2.41. The number of nitrogens with one attached hydrogen (secondary N) is 1. The number of carbonyl (C=O) groups excluding carboxylic acids is 1. The van der Waals surface area contributed by atoms with Crippen molar-refractivity contribution in [3.05, 3.63) is 36.3 Å². The molecule has 0 saturated carbocycles. The molecule has 7 nitrogen and oxygen atoms in total. The molecule has 3 rings (SSSR count). The highest BCUT2D eigenvalue weighted by atomic mass is 16.5. The van der Waals surface area contributed by atoms with Crippen LogP contribution in [0, 0.1) is 6.92 Å². The molecule has 1 aliphatic heterocycles. The molecule has 0 bridgehead atoms. The average molecular weight is 315 g/mol. The van der Waals surface area contributed by atoms with Crippen LogP contribution in [-0.4, -0.2) is 51.3 Å². The van der Waals surface area contributed by atoms with E-state index in [2.05, 4.69) is 20.3 Å². The minimum absolute atomic E-state index is 0.0300. The molecule has 1 aliphatic rings. The van der Waals surface area contributed by atoms with Crippen LogP contribution >= 0.6 is 0 Å². The summed E-state index contributed by atoms with van der Waals surface area (Å²) in [5.74, 6) is 1.51. The van der Waals surface area contributed by atoms with Crippen molar-refractivity contribution in [2.75, 3.05) is 25.0 Å². The monoisotopic (exact) mass is 315 g/mol. The van der Waals surface area contributed by atoms with Crippen LogP contribution in [0.15, 0.2) is 30.6 Å². The van der Waals surface area contributed by atoms with Gasteiger partial charge in [0.2, 0.25) is 5.91 Å². The fourth-order valence-corrected chi connectivity index (χ4v) is 2.76. The van der Waals surface area contributed by atoms with Crippen LogP contribution in [0.25, 0.3) is 0 Å². The number of aryl methyl sites for hydroxylation is 2. The van der Waals surface area contributed by atoms with Gasteiger partial charge < -0.3 is 10.1 Å². The summed E-state index contributed by atoms with van der Waals surface area (Å²) in [6.45, 7) is 3.87. The van der Waals surface area contributed by atoms with Gasteiger partial charge in [-0.25, -0.2) is 0 Å². The Morgan fingerprint density at radius 1 is 1.43 bits per heavy atom. The number of likely N-dealkylation sites (tertiary alicyclic amines) is 1. The van der Waals surface area contributed by atoms with Crippen LogP contribution < -0.4 is 10.1 Å². The van der Waals surface area contributed by atoms with Gasteiger partial charge in [-0.05, 0) is 25.5 Å². The highest BCUT2D eigenvalue weighted by molar-refractivity contribution is 5.91. The van der Waals surface area contributed by atoms with E-state index >= 15 is 0 Å². The molecule has 1 fully saturated rings. The van der Waals surface area contributed by atoms with Crippen molar-refractivity contribution in [3.8, 4) is 5.75 Å². The molecule has 0 unspecified atom stereocenters. The first-order valence-corrected chi connectivity index (χ1v) is 7.69. The number of hydrogen-bond acceptors (Lipinski definition) is 5. The maximum absolute atomic E-state index is 12.2. The van der Waals surface area contributed by atoms with Gasteiger partial charge >= 0.3 is 0 Å². The highest BCUT2D eigenvalue weighted by Gasteiger charge is 2.25. The zero-order valence-electron chi connectivity index (χ0n) is 13.4. The lowest BCUT2D eigenvalue weighted by Gasteiger charge is -2.16. The van der Waals surface area contributed by atoms with Gasteiger partial charge in [-0.2, -0.15) is 5.10 Å². The van der Waals surface area contributed by atoms with Gasteiger partial charge in [0.25, 0.3) is 0 Å². The van der Waals surface area contributed by atoms with E-state index in [-0.39, 0.29) is 12.0 Å². The summed E-state index contributed by atoms with van der Waals surface area (Å²) >= 11 is 0. The van der Waals surface area contributed by atoms with Crippen LogP contribution in [0.2, 0.25) is 0 Å². The lowest BCUT2D eigenvalue weighted by atomic mass is 10.3. The molecule has 7 heteroatoms. The topological polar surface area (TPSA) is 72.3 Å². The van der Waals surface area contributed by atoms with E-state index in [1.54, 1.807) is 17.1 Å². The molecule has 1 saturated heterocycles. The van der Waals surface area contributed by atoms with E-state index in [1.807, 2.05) is 32.2 Å². The maximum atomic E-state index is 12.2. The van der Waals surface area contributed by atoms with E-state index in [9.17, 15) is 4.79 Å². The quantitative estimate of drug-likeness (QED) is 0.898. The maximum Gasteiger partial charge on any atom is 0.239 e. The van der Waals surface area contributed by atoms with Crippen LogP contribution in [-0.2, 0) is 11.8 Å². The first-order valence-electron chi connectivity index (χ1n) is 7.69. The van der Waals surface area contributed by atoms with E-state index in [1.165, 1.54) is 0 Å². The Bertz CT molecular complexity index is 670. The van der Waals surface area contributed by atoms with Crippen molar-refractivity contribution >= 4 is 11.7 Å². The predicted octanol–water partition coefficient (Wildman–Crippen LogP) is 1.22. The lowest BCUT2D eigenvalue weighted by molar-refractivity contribution is -0.117. The third-order valence-electron chi connectivity index (χ3n) is 3.82. The summed E-state index contributed by atoms with van der Waals surface area (Å²) in [6.07, 6.45) is 4.46. The third-order valence-corrected chi connectivity index (χ3v) is 3.82. The normalized spacial score (nSPS) is 18.1. The molecule has 1 amide bonds. The summed E-state index contributed by atoms with van der Waals surface area (Å²) in [7, 11) is 1.82. The molecular weight excluding hydrogens is 294 g/mol. The second-order valence-corrected chi connectivity index (χ2v) is 5.79. The summed E-state index contributed by atoms with van der Waals surface area (Å²) in [5.41, 5.74) is 0.884. The van der Waals surface area contributed by atoms with Crippen molar-refractivity contribution in [1.29, 1.82) is 0 Å². The Morgan fingerprint density at radius 2 is 2.22 bits per heavy atom. The number of ether oxygens (including phenoxy) is 1. The standard InChI is InChI=1S/C16H21N5O2/c1-12-9-15(20(2)19-12)18-16(22)11-21-8-5-14(10-21)23-13-3-6-17-7-4-13/h3-4,6-7,9,14H,5,8,10-11H2,1-2H3,(H,18,22)/t14-/m1/s1. The number of rotatable bonds is 5. The van der Waals surface area contributed by atoms with Gasteiger partial charge in [0.15, 0.2) is 0 Å². The Morgan fingerprint density at radius 3 is 2.91 bits per heavy atom. The van der Waals surface area contributed by atoms with Crippen molar-refractivity contribution in [2.24, 2.45) is 7.05 Å². The number of carbonyl (C=O) groups is 1. The van der Waals surface area contributed by atoms with Gasteiger partial charge in [0, 0.05) is 38.6 Å². The van der Waals surface area contributed by atoms with E-state index in [4.69, 9.17) is 4.74 Å². The minimum atomic E-state index is -0.0300. The van der Waals surface area contributed by atoms with Gasteiger partial charge in [0.05, 0.1) is 12.2 Å². The minimum Gasteiger partial charge on any atom is -0.489 e. The molecule has 0 radical (unpaired) electrons. The average Bonchev–Trinajstić information content (AvgIpc) is 3.06.